The van der Waals surface area contributed by atoms with Crippen LogP contribution in [0.3, 0.4) is 0 Å². The molecule has 2 aromatic heterocycles. The van der Waals surface area contributed by atoms with Gasteiger partial charge in [0.25, 0.3) is 5.56 Å². The molecule has 0 atom stereocenters. The Morgan fingerprint density at radius 3 is 2.77 bits per heavy atom. The number of nitrogens with zero attached hydrogens (tertiary/aromatic N) is 2. The largest absolute Gasteiger partial charge is 0.490 e. The molecule has 31 heavy (non-hydrogen) atoms. The van der Waals surface area contributed by atoms with Gasteiger partial charge in [-0.25, -0.2) is 0 Å². The molecule has 9 heteroatoms. The number of likely N-dealkylation sites (tertiary alicyclic amines) is 1. The molecule has 1 aromatic carbocycles. The predicted octanol–water partition coefficient (Wildman–Crippen LogP) is 0.469. The third-order valence-electron chi connectivity index (χ3n) is 5.16. The maximum Gasteiger partial charge on any atom is 0.266 e. The number of amides is 2. The number of aromatic amines is 1. The second kappa shape index (κ2) is 8.73. The number of fused-ring (bicyclic) bond motifs is 1. The number of pyridine rings is 1. The van der Waals surface area contributed by atoms with E-state index in [1.54, 1.807) is 19.2 Å². The van der Waals surface area contributed by atoms with Crippen LogP contribution < -0.4 is 25.2 Å². The van der Waals surface area contributed by atoms with E-state index < -0.39 is 5.91 Å². The number of aromatic nitrogens is 2. The molecule has 0 bridgehead atoms. The van der Waals surface area contributed by atoms with Gasteiger partial charge in [-0.1, -0.05) is 6.07 Å². The number of rotatable bonds is 4. The van der Waals surface area contributed by atoms with Crippen LogP contribution in [0.5, 0.6) is 5.75 Å². The molecule has 8 nitrogen and oxygen atoms in total. The van der Waals surface area contributed by atoms with E-state index in [1.165, 1.54) is 6.08 Å². The fourth-order valence-electron chi connectivity index (χ4n) is 3.60. The minimum absolute atomic E-state index is 0.0286. The lowest BCUT2D eigenvalue weighted by molar-refractivity contribution is -0.130. The maximum atomic E-state index is 12.2. The number of thiazole rings is 1. The number of piperidine rings is 1. The van der Waals surface area contributed by atoms with Crippen LogP contribution >= 0.6 is 11.3 Å². The number of hydrogen-bond donors (Lipinski definition) is 2. The fraction of sp³-hybridized carbons (Fsp3) is 0.273. The molecule has 2 amide bonds. The molecule has 3 heterocycles. The zero-order valence-electron chi connectivity index (χ0n) is 17.0. The van der Waals surface area contributed by atoms with Crippen molar-refractivity contribution in [2.75, 3.05) is 13.1 Å². The van der Waals surface area contributed by atoms with Crippen molar-refractivity contribution in [2.45, 2.75) is 25.9 Å². The first-order chi connectivity index (χ1) is 14.9. The average molecular weight is 439 g/mol. The van der Waals surface area contributed by atoms with E-state index in [-0.39, 0.29) is 17.6 Å². The summed E-state index contributed by atoms with van der Waals surface area (Å²) in [7, 11) is 0. The second-order valence-electron chi connectivity index (χ2n) is 7.38. The Bertz CT molecular complexity index is 1320. The molecule has 0 aliphatic carbocycles. The summed E-state index contributed by atoms with van der Waals surface area (Å²) in [5, 5.41) is 0.849. The molecule has 1 fully saturated rings. The third kappa shape index (κ3) is 4.83. The van der Waals surface area contributed by atoms with Gasteiger partial charge >= 0.3 is 0 Å². The Kier molecular flexibility index (Phi) is 5.85. The molecule has 0 unspecified atom stereocenters. The lowest BCUT2D eigenvalue weighted by Gasteiger charge is -2.31. The lowest BCUT2D eigenvalue weighted by Crippen LogP contribution is -2.40. The second-order valence-corrected chi connectivity index (χ2v) is 8.47. The van der Waals surface area contributed by atoms with Gasteiger partial charge in [0.15, 0.2) is 0 Å². The standard InChI is InChI=1S/C22H22N4O4S/c1-13(27)26-8-5-15(6-9-26)30-18-4-7-24-17-3-2-14(10-16(17)18)11-19-22(29)25-21(31-19)12-20(23)28/h2-4,7,10-12,15H,5-6,8-9H2,1H3,(H2,23,28)(H,25,29). The molecule has 1 aliphatic heterocycles. The first-order valence-electron chi connectivity index (χ1n) is 9.92. The Morgan fingerprint density at radius 2 is 2.06 bits per heavy atom. The number of carbonyl (C=O) groups is 2. The van der Waals surface area contributed by atoms with E-state index in [2.05, 4.69) is 9.97 Å². The van der Waals surface area contributed by atoms with Crippen molar-refractivity contribution >= 4 is 46.2 Å². The van der Waals surface area contributed by atoms with Crippen LogP contribution in [-0.4, -0.2) is 45.9 Å². The van der Waals surface area contributed by atoms with Crippen molar-refractivity contribution < 1.29 is 14.3 Å². The summed E-state index contributed by atoms with van der Waals surface area (Å²) in [6.45, 7) is 2.96. The molecular weight excluding hydrogens is 416 g/mol. The number of primary amides is 1. The van der Waals surface area contributed by atoms with Crippen LogP contribution in [0.15, 0.2) is 35.3 Å². The van der Waals surface area contributed by atoms with Crippen molar-refractivity contribution in [3.05, 3.63) is 55.6 Å². The van der Waals surface area contributed by atoms with Gasteiger partial charge in [0.05, 0.1) is 10.0 Å². The molecule has 0 spiro atoms. The van der Waals surface area contributed by atoms with Crippen molar-refractivity contribution in [2.24, 2.45) is 5.73 Å². The quantitative estimate of drug-likeness (QED) is 0.614. The van der Waals surface area contributed by atoms with E-state index in [1.807, 2.05) is 29.2 Å². The Morgan fingerprint density at radius 1 is 1.29 bits per heavy atom. The van der Waals surface area contributed by atoms with Crippen molar-refractivity contribution in [1.29, 1.82) is 0 Å². The van der Waals surface area contributed by atoms with Gasteiger partial charge < -0.3 is 20.4 Å². The molecule has 0 radical (unpaired) electrons. The summed E-state index contributed by atoms with van der Waals surface area (Å²) in [5.41, 5.74) is 6.48. The first kappa shape index (κ1) is 20.8. The number of nitrogens with two attached hydrogens (primary N) is 1. The van der Waals surface area contributed by atoms with Gasteiger partial charge in [-0.05, 0) is 29.8 Å². The Balaban J connectivity index is 1.64. The number of carbonyl (C=O) groups excluding carboxylic acids is 2. The van der Waals surface area contributed by atoms with E-state index in [0.29, 0.717) is 22.3 Å². The zero-order valence-corrected chi connectivity index (χ0v) is 17.8. The van der Waals surface area contributed by atoms with Crippen LogP contribution in [-0.2, 0) is 9.59 Å². The normalized spacial score (nSPS) is 16.1. The Hall–Kier alpha value is -3.46. The summed E-state index contributed by atoms with van der Waals surface area (Å²) in [5.74, 6) is 0.203. The van der Waals surface area contributed by atoms with Crippen LogP contribution in [0.2, 0.25) is 0 Å². The molecule has 160 valence electrons. The maximum absolute atomic E-state index is 12.2. The summed E-state index contributed by atoms with van der Waals surface area (Å²) < 4.78 is 7.14. The SMILES string of the molecule is CC(=O)N1CCC(Oc2ccnc3ccc(C=c4sc(=CC(N)=O)[nH]c4=O)cc23)CC1. The van der Waals surface area contributed by atoms with Crippen molar-refractivity contribution in [1.82, 2.24) is 14.9 Å². The minimum atomic E-state index is -0.614. The highest BCUT2D eigenvalue weighted by atomic mass is 32.1. The monoisotopic (exact) mass is 438 g/mol. The smallest absolute Gasteiger partial charge is 0.266 e. The number of ether oxygens (including phenoxy) is 1. The highest BCUT2D eigenvalue weighted by Gasteiger charge is 2.22. The molecule has 1 aliphatic rings. The van der Waals surface area contributed by atoms with Gasteiger partial charge in [-0.3, -0.25) is 19.4 Å². The third-order valence-corrected chi connectivity index (χ3v) is 6.12. The first-order valence-corrected chi connectivity index (χ1v) is 10.7. The molecular formula is C22H22N4O4S. The molecule has 4 rings (SSSR count). The summed E-state index contributed by atoms with van der Waals surface area (Å²) in [4.78, 5) is 43.6. The van der Waals surface area contributed by atoms with Crippen molar-refractivity contribution in [3.8, 4) is 5.75 Å². The van der Waals surface area contributed by atoms with Crippen LogP contribution in [0.1, 0.15) is 25.3 Å². The molecule has 0 saturated carbocycles. The van der Waals surface area contributed by atoms with E-state index in [9.17, 15) is 14.4 Å². The van der Waals surface area contributed by atoms with Gasteiger partial charge in [0, 0.05) is 50.5 Å². The molecule has 3 aromatic rings. The van der Waals surface area contributed by atoms with Crippen molar-refractivity contribution in [3.63, 3.8) is 0 Å². The average Bonchev–Trinajstić information content (AvgIpc) is 3.06. The predicted molar refractivity (Wildman–Crippen MR) is 119 cm³/mol. The summed E-state index contributed by atoms with van der Waals surface area (Å²) >= 11 is 1.16. The van der Waals surface area contributed by atoms with E-state index in [4.69, 9.17) is 10.5 Å². The number of benzene rings is 1. The van der Waals surface area contributed by atoms with E-state index >= 15 is 0 Å². The summed E-state index contributed by atoms with van der Waals surface area (Å²) in [6, 6.07) is 7.52. The van der Waals surface area contributed by atoms with Gasteiger partial charge in [-0.15, -0.1) is 11.3 Å². The number of H-pyrrole nitrogens is 1. The highest BCUT2D eigenvalue weighted by Crippen LogP contribution is 2.28. The fourth-order valence-corrected chi connectivity index (χ4v) is 4.50. The van der Waals surface area contributed by atoms with Crippen LogP contribution in [0.4, 0.5) is 0 Å². The van der Waals surface area contributed by atoms with E-state index in [0.717, 1.165) is 46.4 Å². The highest BCUT2D eigenvalue weighted by molar-refractivity contribution is 7.07. The topological polar surface area (TPSA) is 118 Å². The Labute approximate surface area is 181 Å². The minimum Gasteiger partial charge on any atom is -0.490 e. The van der Waals surface area contributed by atoms with Crippen LogP contribution in [0.25, 0.3) is 23.1 Å². The molecule has 3 N–H and O–H groups in total. The van der Waals surface area contributed by atoms with Gasteiger partial charge in [0.1, 0.15) is 16.5 Å². The number of hydrogen-bond acceptors (Lipinski definition) is 6. The van der Waals surface area contributed by atoms with Crippen LogP contribution in [0, 0.1) is 0 Å². The lowest BCUT2D eigenvalue weighted by atomic mass is 10.1. The summed E-state index contributed by atoms with van der Waals surface area (Å²) in [6.07, 6.45) is 6.24. The van der Waals surface area contributed by atoms with Gasteiger partial charge in [0.2, 0.25) is 11.8 Å². The van der Waals surface area contributed by atoms with Gasteiger partial charge in [-0.2, -0.15) is 0 Å². The number of nitrogens with one attached hydrogen (secondary N) is 1. The zero-order chi connectivity index (χ0) is 22.0. The molecule has 1 saturated heterocycles.